The van der Waals surface area contributed by atoms with Crippen LogP contribution in [0.25, 0.3) is 21.7 Å². The van der Waals surface area contributed by atoms with Crippen LogP contribution in [-0.2, 0) is 15.6 Å². The monoisotopic (exact) mass is 345 g/mol. The van der Waals surface area contributed by atoms with E-state index in [1.54, 1.807) is 18.2 Å². The Morgan fingerprint density at radius 1 is 1.17 bits per heavy atom. The Bertz CT molecular complexity index is 1030. The first kappa shape index (κ1) is 14.2. The number of aromatic nitrogens is 3. The second-order valence-electron chi connectivity index (χ2n) is 4.98. The van der Waals surface area contributed by atoms with Gasteiger partial charge in [-0.3, -0.25) is 0 Å². The van der Waals surface area contributed by atoms with Crippen LogP contribution < -0.4 is 0 Å². The Hall–Kier alpha value is -2.45. The molecular weight excluding hydrogens is 334 g/mol. The number of fused-ring (bicyclic) bond motifs is 1. The fourth-order valence-electron chi connectivity index (χ4n) is 2.25. The van der Waals surface area contributed by atoms with Crippen LogP contribution in [0.3, 0.4) is 0 Å². The maximum atomic E-state index is 12.5. The molecule has 8 heteroatoms. The summed E-state index contributed by atoms with van der Waals surface area (Å²) in [5.41, 5.74) is 1.66. The second-order valence-corrected chi connectivity index (χ2v) is 7.83. The van der Waals surface area contributed by atoms with Crippen molar-refractivity contribution in [2.45, 2.75) is 10.9 Å². The molecule has 0 fully saturated rings. The van der Waals surface area contributed by atoms with Crippen LogP contribution in [0, 0.1) is 0 Å². The Morgan fingerprint density at radius 3 is 2.83 bits per heavy atom. The predicted octanol–water partition coefficient (Wildman–Crippen LogP) is 3.25. The number of aromatic amines is 1. The summed E-state index contributed by atoms with van der Waals surface area (Å²) in [6, 6.07) is 12.6. The lowest BCUT2D eigenvalue weighted by Gasteiger charge is -1.96. The van der Waals surface area contributed by atoms with Crippen molar-refractivity contribution in [3.05, 3.63) is 53.5 Å². The Balaban J connectivity index is 1.64. The van der Waals surface area contributed by atoms with Gasteiger partial charge in [0.25, 0.3) is 0 Å². The predicted molar refractivity (Wildman–Crippen MR) is 86.8 cm³/mol. The van der Waals surface area contributed by atoms with E-state index in [4.69, 9.17) is 4.52 Å². The minimum atomic E-state index is -3.62. The van der Waals surface area contributed by atoms with E-state index in [-0.39, 0.29) is 10.9 Å². The van der Waals surface area contributed by atoms with Crippen molar-refractivity contribution in [2.75, 3.05) is 0 Å². The van der Waals surface area contributed by atoms with Gasteiger partial charge < -0.3 is 9.51 Å². The summed E-state index contributed by atoms with van der Waals surface area (Å²) >= 11 is 1.50. The van der Waals surface area contributed by atoms with Gasteiger partial charge in [0, 0.05) is 6.07 Å². The first-order chi connectivity index (χ1) is 11.1. The molecule has 6 nitrogen and oxygen atoms in total. The lowest BCUT2D eigenvalue weighted by Crippen LogP contribution is -2.07. The van der Waals surface area contributed by atoms with Crippen LogP contribution >= 0.6 is 11.3 Å². The Kier molecular flexibility index (Phi) is 3.28. The van der Waals surface area contributed by atoms with Crippen molar-refractivity contribution in [2.24, 2.45) is 0 Å². The van der Waals surface area contributed by atoms with E-state index in [0.29, 0.717) is 22.5 Å². The van der Waals surface area contributed by atoms with Gasteiger partial charge in [-0.1, -0.05) is 23.4 Å². The van der Waals surface area contributed by atoms with Crippen molar-refractivity contribution in [3.8, 4) is 10.6 Å². The molecule has 0 spiro atoms. The van der Waals surface area contributed by atoms with Gasteiger partial charge in [0.1, 0.15) is 5.75 Å². The molecule has 1 aromatic carbocycles. The number of imidazole rings is 1. The molecule has 4 aromatic rings. The van der Waals surface area contributed by atoms with Gasteiger partial charge in [0.15, 0.2) is 5.76 Å². The quantitative estimate of drug-likeness (QED) is 0.613. The number of rotatable bonds is 4. The van der Waals surface area contributed by atoms with Gasteiger partial charge in [-0.25, -0.2) is 13.4 Å². The lowest BCUT2D eigenvalue weighted by atomic mass is 10.3. The summed E-state index contributed by atoms with van der Waals surface area (Å²) < 4.78 is 30.2. The molecule has 0 aliphatic rings. The molecule has 0 amide bonds. The second kappa shape index (κ2) is 5.32. The number of hydrogen-bond donors (Lipinski definition) is 1. The number of benzene rings is 1. The molecule has 4 rings (SSSR count). The molecule has 3 heterocycles. The average Bonchev–Trinajstić information content (AvgIpc) is 3.26. The van der Waals surface area contributed by atoms with Gasteiger partial charge in [-0.15, -0.1) is 11.3 Å². The van der Waals surface area contributed by atoms with Crippen LogP contribution in [0.1, 0.15) is 5.69 Å². The highest BCUT2D eigenvalue weighted by Gasteiger charge is 2.22. The molecule has 0 saturated heterocycles. The normalized spacial score (nSPS) is 12.0. The molecule has 3 aromatic heterocycles. The molecule has 0 unspecified atom stereocenters. The van der Waals surface area contributed by atoms with Gasteiger partial charge >= 0.3 is 0 Å². The fourth-order valence-corrected chi connectivity index (χ4v) is 4.09. The van der Waals surface area contributed by atoms with Crippen molar-refractivity contribution < 1.29 is 12.9 Å². The van der Waals surface area contributed by atoms with E-state index < -0.39 is 9.84 Å². The van der Waals surface area contributed by atoms with Crippen molar-refractivity contribution in [1.82, 2.24) is 15.1 Å². The topological polar surface area (TPSA) is 88.8 Å². The van der Waals surface area contributed by atoms with E-state index in [0.717, 1.165) is 4.88 Å². The molecule has 0 radical (unpaired) electrons. The first-order valence-electron chi connectivity index (χ1n) is 6.79. The number of sulfone groups is 1. The number of H-pyrrole nitrogens is 1. The number of hydrogen-bond acceptors (Lipinski definition) is 6. The van der Waals surface area contributed by atoms with E-state index in [2.05, 4.69) is 15.1 Å². The minimum absolute atomic E-state index is 0.0561. The van der Waals surface area contributed by atoms with Gasteiger partial charge in [-0.2, -0.15) is 0 Å². The summed E-state index contributed by atoms with van der Waals surface area (Å²) in [5, 5.41) is 5.71. The van der Waals surface area contributed by atoms with Crippen LogP contribution in [0.15, 0.2) is 57.5 Å². The highest BCUT2D eigenvalue weighted by molar-refractivity contribution is 7.90. The Morgan fingerprint density at radius 2 is 2.04 bits per heavy atom. The highest BCUT2D eigenvalue weighted by Crippen LogP contribution is 2.26. The zero-order chi connectivity index (χ0) is 15.9. The summed E-state index contributed by atoms with van der Waals surface area (Å²) in [5.74, 6) is 0.302. The maximum Gasteiger partial charge on any atom is 0.226 e. The number of nitrogens with one attached hydrogen (secondary N) is 1. The lowest BCUT2D eigenvalue weighted by molar-refractivity contribution is 0.426. The zero-order valence-corrected chi connectivity index (χ0v) is 13.4. The van der Waals surface area contributed by atoms with Gasteiger partial charge in [0.2, 0.25) is 15.0 Å². The van der Waals surface area contributed by atoms with Gasteiger partial charge in [-0.05, 0) is 23.6 Å². The fraction of sp³-hybridized carbons (Fsp3) is 0.0667. The van der Waals surface area contributed by atoms with E-state index in [1.807, 2.05) is 29.6 Å². The molecule has 116 valence electrons. The Labute approximate surface area is 135 Å². The zero-order valence-electron chi connectivity index (χ0n) is 11.8. The minimum Gasteiger partial charge on any atom is -0.355 e. The average molecular weight is 345 g/mol. The molecular formula is C15H11N3O3S2. The van der Waals surface area contributed by atoms with Crippen molar-refractivity contribution >= 4 is 32.2 Å². The molecule has 1 N–H and O–H groups in total. The van der Waals surface area contributed by atoms with E-state index in [1.165, 1.54) is 11.3 Å². The molecule has 0 aliphatic heterocycles. The van der Waals surface area contributed by atoms with Crippen LogP contribution in [0.5, 0.6) is 0 Å². The third-order valence-electron chi connectivity index (χ3n) is 3.32. The molecule has 0 bridgehead atoms. The number of thiophene rings is 1. The number of para-hydroxylation sites is 2. The third-order valence-corrected chi connectivity index (χ3v) is 5.67. The number of nitrogens with zero attached hydrogens (tertiary/aromatic N) is 2. The van der Waals surface area contributed by atoms with Crippen LogP contribution in [-0.4, -0.2) is 23.5 Å². The standard InChI is InChI=1S/C15H11N3O3S2/c19-23(20,15-16-11-4-1-2-5-12(11)17-15)9-10-8-13(21-18-10)14-6-3-7-22-14/h1-8H,9H2,(H,16,17). The maximum absolute atomic E-state index is 12.5. The largest absolute Gasteiger partial charge is 0.355 e. The third kappa shape index (κ3) is 2.66. The first-order valence-corrected chi connectivity index (χ1v) is 9.32. The summed E-state index contributed by atoms with van der Waals surface area (Å²) in [4.78, 5) is 7.88. The highest BCUT2D eigenvalue weighted by atomic mass is 32.2. The SMILES string of the molecule is O=S(=O)(Cc1cc(-c2cccs2)on1)c1nc2ccccc2[nH]1. The van der Waals surface area contributed by atoms with E-state index >= 15 is 0 Å². The molecule has 23 heavy (non-hydrogen) atoms. The van der Waals surface area contributed by atoms with Crippen molar-refractivity contribution in [3.63, 3.8) is 0 Å². The molecule has 0 aliphatic carbocycles. The smallest absolute Gasteiger partial charge is 0.226 e. The van der Waals surface area contributed by atoms with Crippen LogP contribution in [0.2, 0.25) is 0 Å². The van der Waals surface area contributed by atoms with Gasteiger partial charge in [0.05, 0.1) is 21.6 Å². The molecule has 0 atom stereocenters. The van der Waals surface area contributed by atoms with Crippen LogP contribution in [0.4, 0.5) is 0 Å². The van der Waals surface area contributed by atoms with E-state index in [9.17, 15) is 8.42 Å². The summed E-state index contributed by atoms with van der Waals surface area (Å²) in [6.07, 6.45) is 0. The summed E-state index contributed by atoms with van der Waals surface area (Å²) in [7, 11) is -3.62. The van der Waals surface area contributed by atoms with Crippen molar-refractivity contribution in [1.29, 1.82) is 0 Å². The summed E-state index contributed by atoms with van der Waals surface area (Å²) in [6.45, 7) is 0. The molecule has 0 saturated carbocycles.